The lowest BCUT2D eigenvalue weighted by Gasteiger charge is -2.27. The molecule has 0 aromatic heterocycles. The third-order valence-electron chi connectivity index (χ3n) is 4.21. The molecule has 1 heterocycles. The van der Waals surface area contributed by atoms with Crippen molar-refractivity contribution in [3.8, 4) is 0 Å². The minimum Gasteiger partial charge on any atom is -0.212 e. The maximum atomic E-state index is 12.4. The van der Waals surface area contributed by atoms with Gasteiger partial charge in [-0.1, -0.05) is 41.5 Å². The Kier molecular flexibility index (Phi) is 3.94. The lowest BCUT2D eigenvalue weighted by molar-refractivity contribution is 0.386. The molecule has 2 fully saturated rings. The Hall–Kier alpha value is -1.13. The SMILES string of the molecule is O=S(=O)(CCc1ccccc1)N1CCC(=C2CC2)CC1. The standard InChI is InChI=1S/C16H21NO2S/c18-20(19,13-10-14-4-2-1-3-5-14)17-11-8-16(9-12-17)15-6-7-15/h1-5H,6-13H2. The van der Waals surface area contributed by atoms with Crippen LogP contribution in [0.25, 0.3) is 0 Å². The predicted octanol–water partition coefficient (Wildman–Crippen LogP) is 2.75. The first-order valence-corrected chi connectivity index (χ1v) is 8.97. The number of sulfonamides is 1. The molecule has 3 rings (SSSR count). The van der Waals surface area contributed by atoms with Gasteiger partial charge in [0, 0.05) is 13.1 Å². The molecule has 1 saturated carbocycles. The zero-order valence-electron chi connectivity index (χ0n) is 11.7. The second kappa shape index (κ2) is 5.70. The van der Waals surface area contributed by atoms with E-state index in [0.717, 1.165) is 18.4 Å². The van der Waals surface area contributed by atoms with E-state index >= 15 is 0 Å². The molecule has 0 N–H and O–H groups in total. The Bertz CT molecular complexity index is 589. The van der Waals surface area contributed by atoms with Crippen molar-refractivity contribution in [2.24, 2.45) is 0 Å². The number of allylic oxidation sites excluding steroid dienone is 1. The Morgan fingerprint density at radius 2 is 1.50 bits per heavy atom. The number of rotatable bonds is 4. The number of nitrogens with zero attached hydrogens (tertiary/aromatic N) is 1. The summed E-state index contributed by atoms with van der Waals surface area (Å²) in [5, 5.41) is 0. The molecule has 0 atom stereocenters. The predicted molar refractivity (Wildman–Crippen MR) is 81.0 cm³/mol. The van der Waals surface area contributed by atoms with Crippen LogP contribution >= 0.6 is 0 Å². The molecule has 20 heavy (non-hydrogen) atoms. The molecule has 4 heteroatoms. The molecule has 0 spiro atoms. The zero-order chi connectivity index (χ0) is 14.0. The summed E-state index contributed by atoms with van der Waals surface area (Å²) in [5.41, 5.74) is 4.21. The van der Waals surface area contributed by atoms with E-state index in [0.29, 0.717) is 19.5 Å². The molecule has 1 aliphatic heterocycles. The zero-order valence-corrected chi connectivity index (χ0v) is 12.5. The molecular formula is C16H21NO2S. The number of hydrogen-bond acceptors (Lipinski definition) is 2. The lowest BCUT2D eigenvalue weighted by atomic mass is 10.1. The highest BCUT2D eigenvalue weighted by molar-refractivity contribution is 7.89. The van der Waals surface area contributed by atoms with E-state index in [-0.39, 0.29) is 5.75 Å². The van der Waals surface area contributed by atoms with Gasteiger partial charge in [-0.15, -0.1) is 0 Å². The topological polar surface area (TPSA) is 37.4 Å². The molecule has 1 saturated heterocycles. The molecule has 3 nitrogen and oxygen atoms in total. The maximum Gasteiger partial charge on any atom is 0.214 e. The van der Waals surface area contributed by atoms with Gasteiger partial charge < -0.3 is 0 Å². The second-order valence-corrected chi connectivity index (χ2v) is 7.75. The third-order valence-corrected chi connectivity index (χ3v) is 6.08. The lowest BCUT2D eigenvalue weighted by Crippen LogP contribution is -2.38. The molecule has 1 aliphatic carbocycles. The summed E-state index contributed by atoms with van der Waals surface area (Å²) in [6, 6.07) is 9.84. The van der Waals surface area contributed by atoms with Crippen LogP contribution in [-0.4, -0.2) is 31.6 Å². The minimum absolute atomic E-state index is 0.225. The van der Waals surface area contributed by atoms with Gasteiger partial charge in [-0.2, -0.15) is 0 Å². The Morgan fingerprint density at radius 1 is 0.900 bits per heavy atom. The van der Waals surface area contributed by atoms with Gasteiger partial charge in [0.2, 0.25) is 10.0 Å². The Labute approximate surface area is 121 Å². The third kappa shape index (κ3) is 3.30. The van der Waals surface area contributed by atoms with Gasteiger partial charge in [0.25, 0.3) is 0 Å². The maximum absolute atomic E-state index is 12.4. The number of benzene rings is 1. The molecule has 1 aromatic rings. The van der Waals surface area contributed by atoms with Crippen LogP contribution in [0.5, 0.6) is 0 Å². The summed E-state index contributed by atoms with van der Waals surface area (Å²) < 4.78 is 26.4. The highest BCUT2D eigenvalue weighted by atomic mass is 32.2. The molecule has 1 aromatic carbocycles. The average molecular weight is 291 g/mol. The van der Waals surface area contributed by atoms with Gasteiger partial charge in [0.1, 0.15) is 0 Å². The van der Waals surface area contributed by atoms with E-state index in [1.54, 1.807) is 9.88 Å². The normalized spacial score (nSPS) is 20.2. The van der Waals surface area contributed by atoms with Gasteiger partial charge >= 0.3 is 0 Å². The van der Waals surface area contributed by atoms with Crippen LogP contribution in [0.1, 0.15) is 31.2 Å². The number of piperidine rings is 1. The quantitative estimate of drug-likeness (QED) is 0.800. The fraction of sp³-hybridized carbons (Fsp3) is 0.500. The highest BCUT2D eigenvalue weighted by Gasteiger charge is 2.28. The molecule has 108 valence electrons. The van der Waals surface area contributed by atoms with Crippen LogP contribution in [0.3, 0.4) is 0 Å². The van der Waals surface area contributed by atoms with E-state index in [1.165, 1.54) is 18.4 Å². The van der Waals surface area contributed by atoms with Crippen LogP contribution in [0.2, 0.25) is 0 Å². The summed E-state index contributed by atoms with van der Waals surface area (Å²) >= 11 is 0. The molecular weight excluding hydrogens is 270 g/mol. The van der Waals surface area contributed by atoms with Crippen LogP contribution in [-0.2, 0) is 16.4 Å². The molecule has 0 unspecified atom stereocenters. The van der Waals surface area contributed by atoms with Crippen LogP contribution in [0.15, 0.2) is 41.5 Å². The largest absolute Gasteiger partial charge is 0.214 e. The van der Waals surface area contributed by atoms with Crippen molar-refractivity contribution in [1.82, 2.24) is 4.31 Å². The van der Waals surface area contributed by atoms with E-state index in [2.05, 4.69) is 0 Å². The van der Waals surface area contributed by atoms with E-state index in [1.807, 2.05) is 30.3 Å². The van der Waals surface area contributed by atoms with Gasteiger partial charge in [0.05, 0.1) is 5.75 Å². The van der Waals surface area contributed by atoms with E-state index < -0.39 is 10.0 Å². The fourth-order valence-electron chi connectivity index (χ4n) is 2.82. The van der Waals surface area contributed by atoms with Crippen molar-refractivity contribution < 1.29 is 8.42 Å². The van der Waals surface area contributed by atoms with Crippen molar-refractivity contribution >= 4 is 10.0 Å². The van der Waals surface area contributed by atoms with Crippen molar-refractivity contribution in [3.63, 3.8) is 0 Å². The van der Waals surface area contributed by atoms with Crippen molar-refractivity contribution in [2.75, 3.05) is 18.8 Å². The molecule has 0 radical (unpaired) electrons. The molecule has 0 amide bonds. The minimum atomic E-state index is -3.10. The van der Waals surface area contributed by atoms with E-state index in [9.17, 15) is 8.42 Å². The van der Waals surface area contributed by atoms with Gasteiger partial charge in [0.15, 0.2) is 0 Å². The second-order valence-electron chi connectivity index (χ2n) is 5.66. The summed E-state index contributed by atoms with van der Waals surface area (Å²) in [6.45, 7) is 1.35. The number of hydrogen-bond donors (Lipinski definition) is 0. The average Bonchev–Trinajstić information content (AvgIpc) is 3.31. The highest BCUT2D eigenvalue weighted by Crippen LogP contribution is 2.36. The van der Waals surface area contributed by atoms with Crippen LogP contribution < -0.4 is 0 Å². The van der Waals surface area contributed by atoms with E-state index in [4.69, 9.17) is 0 Å². The first kappa shape index (κ1) is 13.8. The summed E-state index contributed by atoms with van der Waals surface area (Å²) in [7, 11) is -3.10. The van der Waals surface area contributed by atoms with Crippen molar-refractivity contribution in [2.45, 2.75) is 32.1 Å². The fourth-order valence-corrected chi connectivity index (χ4v) is 4.32. The van der Waals surface area contributed by atoms with Gasteiger partial charge in [-0.25, -0.2) is 12.7 Å². The first-order valence-electron chi connectivity index (χ1n) is 7.37. The smallest absolute Gasteiger partial charge is 0.212 e. The first-order chi connectivity index (χ1) is 9.65. The van der Waals surface area contributed by atoms with Crippen molar-refractivity contribution in [3.05, 3.63) is 47.0 Å². The Morgan fingerprint density at radius 3 is 2.10 bits per heavy atom. The molecule has 2 aliphatic rings. The monoisotopic (exact) mass is 291 g/mol. The summed E-state index contributed by atoms with van der Waals surface area (Å²) in [6.07, 6.45) is 4.99. The summed E-state index contributed by atoms with van der Waals surface area (Å²) in [5.74, 6) is 0.225. The van der Waals surface area contributed by atoms with Gasteiger partial charge in [-0.05, 0) is 37.7 Å². The molecule has 0 bridgehead atoms. The number of aryl methyl sites for hydroxylation is 1. The van der Waals surface area contributed by atoms with Gasteiger partial charge in [-0.3, -0.25) is 0 Å². The van der Waals surface area contributed by atoms with Crippen LogP contribution in [0, 0.1) is 0 Å². The van der Waals surface area contributed by atoms with Crippen molar-refractivity contribution in [1.29, 1.82) is 0 Å². The Balaban J connectivity index is 1.57. The van der Waals surface area contributed by atoms with Crippen LogP contribution in [0.4, 0.5) is 0 Å². The summed E-state index contributed by atoms with van der Waals surface area (Å²) in [4.78, 5) is 0.